The van der Waals surface area contributed by atoms with Crippen LogP contribution in [0.3, 0.4) is 0 Å². The van der Waals surface area contributed by atoms with Gasteiger partial charge in [-0.3, -0.25) is 9.69 Å². The maximum atomic E-state index is 12.5. The van der Waals surface area contributed by atoms with Crippen molar-refractivity contribution in [1.82, 2.24) is 4.90 Å². The van der Waals surface area contributed by atoms with E-state index in [4.69, 9.17) is 9.47 Å². The van der Waals surface area contributed by atoms with Crippen LogP contribution in [0.15, 0.2) is 0 Å². The molecule has 1 aliphatic rings. The summed E-state index contributed by atoms with van der Waals surface area (Å²) in [4.78, 5) is 38.9. The summed E-state index contributed by atoms with van der Waals surface area (Å²) in [6, 6.07) is 0. The minimum absolute atomic E-state index is 0.201. The van der Waals surface area contributed by atoms with E-state index in [1.807, 2.05) is 0 Å². The second-order valence-corrected chi connectivity index (χ2v) is 7.95. The average Bonchev–Trinajstić information content (AvgIpc) is 2.88. The standard InChI is InChI=1S/C18H26N2O5S/c1-10-6-11(2)8-20(7-10)9-13(21)19-16-14(17(22)24-4)12(3)15(26-16)18(23)25-5/h10-11H,6-9H2,1-5H3,(H,19,21). The molecule has 0 spiro atoms. The second kappa shape index (κ2) is 8.64. The van der Waals surface area contributed by atoms with Gasteiger partial charge in [0.25, 0.3) is 0 Å². The van der Waals surface area contributed by atoms with Crippen molar-refractivity contribution in [2.24, 2.45) is 11.8 Å². The Morgan fingerprint density at radius 2 is 1.69 bits per heavy atom. The van der Waals surface area contributed by atoms with Gasteiger partial charge < -0.3 is 14.8 Å². The summed E-state index contributed by atoms with van der Waals surface area (Å²) in [6.45, 7) is 8.00. The third-order valence-electron chi connectivity index (χ3n) is 4.47. The largest absolute Gasteiger partial charge is 0.465 e. The number of anilines is 1. The van der Waals surface area contributed by atoms with Crippen LogP contribution < -0.4 is 5.32 Å². The summed E-state index contributed by atoms with van der Waals surface area (Å²) >= 11 is 1.03. The number of amides is 1. The molecule has 2 atom stereocenters. The average molecular weight is 382 g/mol. The van der Waals surface area contributed by atoms with E-state index >= 15 is 0 Å². The molecule has 8 heteroatoms. The molecule has 1 fully saturated rings. The Bertz CT molecular complexity index is 690. The van der Waals surface area contributed by atoms with Crippen molar-refractivity contribution in [3.05, 3.63) is 16.0 Å². The predicted molar refractivity (Wildman–Crippen MR) is 99.7 cm³/mol. The highest BCUT2D eigenvalue weighted by Gasteiger charge is 2.28. The number of likely N-dealkylation sites (tertiary alicyclic amines) is 1. The highest BCUT2D eigenvalue weighted by atomic mass is 32.1. The number of hydrogen-bond donors (Lipinski definition) is 1. The van der Waals surface area contributed by atoms with Crippen LogP contribution in [0.1, 0.15) is 45.9 Å². The van der Waals surface area contributed by atoms with Crippen LogP contribution in [0.2, 0.25) is 0 Å². The SMILES string of the molecule is COC(=O)c1sc(NC(=O)CN2CC(C)CC(C)C2)c(C(=O)OC)c1C. The van der Waals surface area contributed by atoms with E-state index in [0.717, 1.165) is 30.8 Å². The van der Waals surface area contributed by atoms with E-state index in [1.54, 1.807) is 6.92 Å². The molecule has 2 heterocycles. The van der Waals surface area contributed by atoms with Crippen molar-refractivity contribution in [3.8, 4) is 0 Å². The molecule has 1 saturated heterocycles. The Hall–Kier alpha value is -1.93. The molecular weight excluding hydrogens is 356 g/mol. The van der Waals surface area contributed by atoms with E-state index in [1.165, 1.54) is 14.2 Å². The van der Waals surface area contributed by atoms with Gasteiger partial charge in [-0.2, -0.15) is 0 Å². The van der Waals surface area contributed by atoms with Crippen LogP contribution in [-0.2, 0) is 14.3 Å². The zero-order valence-electron chi connectivity index (χ0n) is 15.9. The number of nitrogens with zero attached hydrogens (tertiary/aromatic N) is 1. The Morgan fingerprint density at radius 3 is 2.23 bits per heavy atom. The van der Waals surface area contributed by atoms with Crippen molar-refractivity contribution in [2.75, 3.05) is 39.2 Å². The lowest BCUT2D eigenvalue weighted by Gasteiger charge is -2.34. The molecule has 0 saturated carbocycles. The first kappa shape index (κ1) is 20.4. The van der Waals surface area contributed by atoms with Gasteiger partial charge in [0.15, 0.2) is 0 Å². The molecule has 2 rings (SSSR count). The van der Waals surface area contributed by atoms with E-state index in [2.05, 4.69) is 24.1 Å². The van der Waals surface area contributed by atoms with Crippen molar-refractivity contribution < 1.29 is 23.9 Å². The molecule has 1 aliphatic heterocycles. The number of thiophene rings is 1. The lowest BCUT2D eigenvalue weighted by atomic mass is 9.92. The number of carbonyl (C=O) groups excluding carboxylic acids is 3. The van der Waals surface area contributed by atoms with Crippen molar-refractivity contribution in [1.29, 1.82) is 0 Å². The van der Waals surface area contributed by atoms with Crippen LogP contribution in [0, 0.1) is 18.8 Å². The monoisotopic (exact) mass is 382 g/mol. The van der Waals surface area contributed by atoms with Gasteiger partial charge in [-0.15, -0.1) is 11.3 Å². The molecule has 7 nitrogen and oxygen atoms in total. The molecule has 144 valence electrons. The van der Waals surface area contributed by atoms with E-state index in [-0.39, 0.29) is 22.9 Å². The maximum absolute atomic E-state index is 12.5. The fraction of sp³-hybridized carbons (Fsp3) is 0.611. The summed E-state index contributed by atoms with van der Waals surface area (Å²) in [7, 11) is 2.54. The molecule has 1 N–H and O–H groups in total. The zero-order valence-corrected chi connectivity index (χ0v) is 16.7. The first-order chi connectivity index (χ1) is 12.3. The fourth-order valence-corrected chi connectivity index (χ4v) is 4.66. The number of methoxy groups -OCH3 is 2. The van der Waals surface area contributed by atoms with E-state index in [9.17, 15) is 14.4 Å². The predicted octanol–water partition coefficient (Wildman–Crippen LogP) is 2.55. The Morgan fingerprint density at radius 1 is 1.12 bits per heavy atom. The van der Waals surface area contributed by atoms with Crippen LogP contribution in [0.5, 0.6) is 0 Å². The maximum Gasteiger partial charge on any atom is 0.348 e. The Kier molecular flexibility index (Phi) is 6.77. The van der Waals surface area contributed by atoms with Gasteiger partial charge in [-0.05, 0) is 30.7 Å². The summed E-state index contributed by atoms with van der Waals surface area (Å²) in [5.74, 6) is -0.255. The van der Waals surface area contributed by atoms with Gasteiger partial charge in [-0.25, -0.2) is 9.59 Å². The Balaban J connectivity index is 2.18. The third kappa shape index (κ3) is 4.62. The first-order valence-electron chi connectivity index (χ1n) is 8.59. The minimum Gasteiger partial charge on any atom is -0.465 e. The van der Waals surface area contributed by atoms with Gasteiger partial charge >= 0.3 is 11.9 Å². The van der Waals surface area contributed by atoms with Crippen molar-refractivity contribution in [3.63, 3.8) is 0 Å². The number of ether oxygens (including phenoxy) is 2. The summed E-state index contributed by atoms with van der Waals surface area (Å²) in [5, 5.41) is 3.09. The van der Waals surface area contributed by atoms with Crippen LogP contribution in [0.4, 0.5) is 5.00 Å². The number of carbonyl (C=O) groups is 3. The molecule has 2 unspecified atom stereocenters. The van der Waals surface area contributed by atoms with Crippen LogP contribution in [-0.4, -0.2) is 56.6 Å². The Labute approximate surface area is 157 Å². The normalized spacial score (nSPS) is 20.5. The lowest BCUT2D eigenvalue weighted by Crippen LogP contribution is -2.42. The zero-order chi connectivity index (χ0) is 19.4. The molecule has 1 amide bonds. The van der Waals surface area contributed by atoms with Crippen molar-refractivity contribution in [2.45, 2.75) is 27.2 Å². The minimum atomic E-state index is -0.593. The van der Waals surface area contributed by atoms with E-state index < -0.39 is 11.9 Å². The highest BCUT2D eigenvalue weighted by molar-refractivity contribution is 7.18. The smallest absolute Gasteiger partial charge is 0.348 e. The van der Waals surface area contributed by atoms with Gasteiger partial charge in [0.1, 0.15) is 9.88 Å². The fourth-order valence-electron chi connectivity index (χ4n) is 3.53. The van der Waals surface area contributed by atoms with Crippen LogP contribution in [0.25, 0.3) is 0 Å². The molecule has 1 aromatic heterocycles. The molecule has 0 aromatic carbocycles. The third-order valence-corrected chi connectivity index (χ3v) is 5.66. The summed E-state index contributed by atoms with van der Waals surface area (Å²) < 4.78 is 9.55. The molecule has 0 aliphatic carbocycles. The number of nitrogens with one attached hydrogen (secondary N) is 1. The molecule has 0 bridgehead atoms. The van der Waals surface area contributed by atoms with E-state index in [0.29, 0.717) is 22.4 Å². The quantitative estimate of drug-likeness (QED) is 0.788. The molecule has 26 heavy (non-hydrogen) atoms. The first-order valence-corrected chi connectivity index (χ1v) is 9.40. The van der Waals surface area contributed by atoms with Gasteiger partial charge in [0.05, 0.1) is 26.3 Å². The highest BCUT2D eigenvalue weighted by Crippen LogP contribution is 2.34. The number of esters is 2. The number of hydrogen-bond acceptors (Lipinski definition) is 7. The second-order valence-electron chi connectivity index (χ2n) is 6.93. The van der Waals surface area contributed by atoms with Crippen molar-refractivity contribution >= 4 is 34.2 Å². The summed E-state index contributed by atoms with van der Waals surface area (Å²) in [6.07, 6.45) is 1.16. The molecular formula is C18H26N2O5S. The molecule has 1 aromatic rings. The van der Waals surface area contributed by atoms with Gasteiger partial charge in [-0.1, -0.05) is 13.8 Å². The number of rotatable bonds is 5. The van der Waals surface area contributed by atoms with Gasteiger partial charge in [0, 0.05) is 13.1 Å². The topological polar surface area (TPSA) is 84.9 Å². The molecule has 0 radical (unpaired) electrons. The summed E-state index contributed by atoms with van der Waals surface area (Å²) in [5.41, 5.74) is 0.649. The van der Waals surface area contributed by atoms with Crippen LogP contribution >= 0.6 is 11.3 Å². The lowest BCUT2D eigenvalue weighted by molar-refractivity contribution is -0.117. The number of piperidine rings is 1. The van der Waals surface area contributed by atoms with Gasteiger partial charge in [0.2, 0.25) is 5.91 Å².